The molecule has 0 spiro atoms. The van der Waals surface area contributed by atoms with Crippen LogP contribution >= 0.6 is 0 Å². The molecule has 0 N–H and O–H groups in total. The van der Waals surface area contributed by atoms with Gasteiger partial charge in [0.2, 0.25) is 0 Å². The Balaban J connectivity index is 0.00000121. The van der Waals surface area contributed by atoms with Crippen LogP contribution in [-0.2, 0) is 7.05 Å². The fourth-order valence-corrected chi connectivity index (χ4v) is 1.88. The van der Waals surface area contributed by atoms with Crippen LogP contribution < -0.4 is 0 Å². The van der Waals surface area contributed by atoms with Gasteiger partial charge in [0.15, 0.2) is 0 Å². The molecule has 0 aliphatic rings. The van der Waals surface area contributed by atoms with Crippen molar-refractivity contribution in [2.24, 2.45) is 12.5 Å². The first-order valence-electron chi connectivity index (χ1n) is 6.45. The lowest BCUT2D eigenvalue weighted by atomic mass is 9.88. The van der Waals surface area contributed by atoms with Crippen LogP contribution in [0.25, 0.3) is 6.08 Å². The predicted molar refractivity (Wildman–Crippen MR) is 77.0 cm³/mol. The standard InChI is InChI=1S/C13H22N2.C2H6/c1-10(8-13(3,4)5)7-12-14-11(2)9-15(12)6;1-2/h7,9H,8H2,1-6H3;1-2H3/b10-7+;. The number of hydrogen-bond acceptors (Lipinski definition) is 1. The van der Waals surface area contributed by atoms with Gasteiger partial charge in [0.05, 0.1) is 5.69 Å². The van der Waals surface area contributed by atoms with E-state index >= 15 is 0 Å². The molecule has 0 fully saturated rings. The maximum absolute atomic E-state index is 4.47. The summed E-state index contributed by atoms with van der Waals surface area (Å²) in [6.45, 7) is 15.0. The summed E-state index contributed by atoms with van der Waals surface area (Å²) >= 11 is 0. The lowest BCUT2D eigenvalue weighted by Crippen LogP contribution is -2.05. The Hall–Kier alpha value is -1.05. The smallest absolute Gasteiger partial charge is 0.132 e. The second-order valence-electron chi connectivity index (χ2n) is 5.58. The Morgan fingerprint density at radius 1 is 1.35 bits per heavy atom. The highest BCUT2D eigenvalue weighted by atomic mass is 15.0. The molecule has 1 heterocycles. The van der Waals surface area contributed by atoms with Crippen molar-refractivity contribution < 1.29 is 0 Å². The number of allylic oxidation sites excluding steroid dienone is 1. The van der Waals surface area contributed by atoms with Gasteiger partial charge in [0.1, 0.15) is 5.82 Å². The van der Waals surface area contributed by atoms with E-state index in [-0.39, 0.29) is 0 Å². The zero-order valence-corrected chi connectivity index (χ0v) is 12.8. The van der Waals surface area contributed by atoms with E-state index in [1.165, 1.54) is 5.57 Å². The summed E-state index contributed by atoms with van der Waals surface area (Å²) in [7, 11) is 2.04. The maximum atomic E-state index is 4.47. The van der Waals surface area contributed by atoms with Crippen molar-refractivity contribution in [3.63, 3.8) is 0 Å². The van der Waals surface area contributed by atoms with Crippen LogP contribution in [0.3, 0.4) is 0 Å². The molecule has 0 saturated heterocycles. The second-order valence-corrected chi connectivity index (χ2v) is 5.58. The lowest BCUT2D eigenvalue weighted by Gasteiger charge is -2.18. The molecule has 0 bridgehead atoms. The molecule has 0 amide bonds. The van der Waals surface area contributed by atoms with Crippen LogP contribution in [0.4, 0.5) is 0 Å². The molecule has 1 aromatic rings. The first kappa shape index (κ1) is 16.0. The van der Waals surface area contributed by atoms with E-state index in [4.69, 9.17) is 0 Å². The minimum atomic E-state index is 0.348. The number of rotatable bonds is 2. The van der Waals surface area contributed by atoms with Crippen LogP contribution in [-0.4, -0.2) is 9.55 Å². The van der Waals surface area contributed by atoms with Gasteiger partial charge in [-0.3, -0.25) is 0 Å². The summed E-state index contributed by atoms with van der Waals surface area (Å²) < 4.78 is 2.07. The van der Waals surface area contributed by atoms with E-state index in [1.807, 2.05) is 27.8 Å². The van der Waals surface area contributed by atoms with Gasteiger partial charge in [-0.15, -0.1) is 0 Å². The summed E-state index contributed by atoms with van der Waals surface area (Å²) in [5.74, 6) is 1.05. The minimum absolute atomic E-state index is 0.348. The molecule has 2 nitrogen and oxygen atoms in total. The van der Waals surface area contributed by atoms with Gasteiger partial charge >= 0.3 is 0 Å². The average Bonchev–Trinajstić information content (AvgIpc) is 2.45. The Morgan fingerprint density at radius 3 is 2.24 bits per heavy atom. The topological polar surface area (TPSA) is 17.8 Å². The van der Waals surface area contributed by atoms with E-state index in [0.717, 1.165) is 17.9 Å². The quantitative estimate of drug-likeness (QED) is 0.734. The van der Waals surface area contributed by atoms with Crippen molar-refractivity contribution in [1.82, 2.24) is 9.55 Å². The summed E-state index contributed by atoms with van der Waals surface area (Å²) in [6, 6.07) is 0. The summed E-state index contributed by atoms with van der Waals surface area (Å²) in [5, 5.41) is 0. The molecular formula is C15H28N2. The molecule has 1 aromatic heterocycles. The molecule has 17 heavy (non-hydrogen) atoms. The average molecular weight is 236 g/mol. The third kappa shape index (κ3) is 6.30. The van der Waals surface area contributed by atoms with Crippen LogP contribution in [0, 0.1) is 12.3 Å². The van der Waals surface area contributed by atoms with Crippen LogP contribution in [0.15, 0.2) is 11.8 Å². The third-order valence-corrected chi connectivity index (χ3v) is 2.22. The summed E-state index contributed by atoms with van der Waals surface area (Å²) in [6.07, 6.45) is 5.34. The van der Waals surface area contributed by atoms with Crippen molar-refractivity contribution in [1.29, 1.82) is 0 Å². The number of hydrogen-bond donors (Lipinski definition) is 0. The van der Waals surface area contributed by atoms with Crippen molar-refractivity contribution in [2.45, 2.75) is 54.9 Å². The van der Waals surface area contributed by atoms with Crippen LogP contribution in [0.1, 0.15) is 59.5 Å². The molecule has 1 rings (SSSR count). The Morgan fingerprint density at radius 2 is 1.88 bits per heavy atom. The molecule has 98 valence electrons. The van der Waals surface area contributed by atoms with Gasteiger partial charge < -0.3 is 4.57 Å². The molecule has 0 saturated carbocycles. The lowest BCUT2D eigenvalue weighted by molar-refractivity contribution is 0.410. The maximum Gasteiger partial charge on any atom is 0.132 e. The number of nitrogens with zero attached hydrogens (tertiary/aromatic N) is 2. The first-order valence-corrected chi connectivity index (χ1v) is 6.45. The number of imidazole rings is 1. The SMILES string of the molecule is C/C(=C\c1nc(C)cn1C)CC(C)(C)C.CC. The molecular weight excluding hydrogens is 208 g/mol. The van der Waals surface area contributed by atoms with Crippen molar-refractivity contribution in [3.8, 4) is 0 Å². The van der Waals surface area contributed by atoms with Gasteiger partial charge in [-0.1, -0.05) is 40.2 Å². The Bertz CT molecular complexity index is 365. The second kappa shape index (κ2) is 6.63. The molecule has 0 aromatic carbocycles. The minimum Gasteiger partial charge on any atom is -0.334 e. The van der Waals surface area contributed by atoms with E-state index in [9.17, 15) is 0 Å². The third-order valence-electron chi connectivity index (χ3n) is 2.22. The van der Waals surface area contributed by atoms with Crippen LogP contribution in [0.2, 0.25) is 0 Å². The summed E-state index contributed by atoms with van der Waals surface area (Å²) in [5.41, 5.74) is 2.81. The van der Waals surface area contributed by atoms with Crippen LogP contribution in [0.5, 0.6) is 0 Å². The number of aryl methyl sites for hydroxylation is 2. The van der Waals surface area contributed by atoms with E-state index in [0.29, 0.717) is 5.41 Å². The Kier molecular flexibility index (Phi) is 6.22. The molecule has 2 heteroatoms. The van der Waals surface area contributed by atoms with Gasteiger partial charge in [-0.2, -0.15) is 0 Å². The monoisotopic (exact) mass is 236 g/mol. The molecule has 0 atom stereocenters. The fourth-order valence-electron chi connectivity index (χ4n) is 1.88. The van der Waals surface area contributed by atoms with E-state index in [1.54, 1.807) is 0 Å². The highest BCUT2D eigenvalue weighted by Crippen LogP contribution is 2.24. The van der Waals surface area contributed by atoms with Gasteiger partial charge in [0.25, 0.3) is 0 Å². The highest BCUT2D eigenvalue weighted by molar-refractivity contribution is 5.45. The van der Waals surface area contributed by atoms with Gasteiger partial charge in [0, 0.05) is 13.2 Å². The first-order chi connectivity index (χ1) is 7.78. The zero-order valence-electron chi connectivity index (χ0n) is 12.8. The van der Waals surface area contributed by atoms with Gasteiger partial charge in [-0.05, 0) is 31.8 Å². The highest BCUT2D eigenvalue weighted by Gasteiger charge is 2.11. The Labute approximate surface area is 107 Å². The summed E-state index contributed by atoms with van der Waals surface area (Å²) in [4.78, 5) is 4.47. The van der Waals surface area contributed by atoms with Crippen molar-refractivity contribution >= 4 is 6.08 Å². The zero-order chi connectivity index (χ0) is 13.6. The number of aromatic nitrogens is 2. The van der Waals surface area contributed by atoms with Crippen molar-refractivity contribution in [3.05, 3.63) is 23.3 Å². The molecule has 0 aliphatic heterocycles. The molecule has 0 radical (unpaired) electrons. The normalized spacial score (nSPS) is 12.1. The predicted octanol–water partition coefficient (Wildman–Crippen LogP) is 4.59. The van der Waals surface area contributed by atoms with Gasteiger partial charge in [-0.25, -0.2) is 4.98 Å². The largest absolute Gasteiger partial charge is 0.334 e. The van der Waals surface area contributed by atoms with Crippen molar-refractivity contribution in [2.75, 3.05) is 0 Å². The van der Waals surface area contributed by atoms with E-state index < -0.39 is 0 Å². The fraction of sp³-hybridized carbons (Fsp3) is 0.667. The van der Waals surface area contributed by atoms with E-state index in [2.05, 4.69) is 49.5 Å². The molecule has 0 unspecified atom stereocenters. The molecule has 0 aliphatic carbocycles.